The van der Waals surface area contributed by atoms with E-state index in [1.807, 2.05) is 0 Å². The van der Waals surface area contributed by atoms with Crippen molar-refractivity contribution in [2.45, 2.75) is 6.82 Å². The zero-order chi connectivity index (χ0) is 19.0. The van der Waals surface area contributed by atoms with Crippen LogP contribution in [0.25, 0.3) is 11.0 Å². The lowest BCUT2D eigenvalue weighted by atomic mass is 9.28. The van der Waals surface area contributed by atoms with E-state index in [2.05, 4.69) is 127 Å². The molecule has 1 aromatic heterocycles. The molecule has 0 unspecified atom stereocenters. The highest BCUT2D eigenvalue weighted by Gasteiger charge is 2.46. The van der Waals surface area contributed by atoms with Crippen LogP contribution in [0.15, 0.2) is 115 Å². The Hall–Kier alpha value is -3.39. The van der Waals surface area contributed by atoms with E-state index in [-0.39, 0.29) is 0 Å². The second-order valence-corrected chi connectivity index (χ2v) is 7.66. The molecule has 0 amide bonds. The Bertz CT molecular complexity index is 1150. The second kappa shape index (κ2) is 6.65. The predicted octanol–water partition coefficient (Wildman–Crippen LogP) is 4.82. The summed E-state index contributed by atoms with van der Waals surface area (Å²) in [4.78, 5) is 0. The van der Waals surface area contributed by atoms with Crippen LogP contribution in [0.5, 0.6) is 0 Å². The summed E-state index contributed by atoms with van der Waals surface area (Å²) in [6.07, 6.45) is 1.09. The minimum atomic E-state index is -1.15. The van der Waals surface area contributed by atoms with Crippen molar-refractivity contribution in [3.05, 3.63) is 132 Å². The van der Waals surface area contributed by atoms with Crippen LogP contribution < -0.4 is 9.94 Å². The average molecular weight is 359 g/mol. The summed E-state index contributed by atoms with van der Waals surface area (Å²) in [5, 5.41) is 0. The van der Waals surface area contributed by atoms with E-state index < -0.39 is 6.28 Å². The maximum Gasteiger partial charge on any atom is 0.331 e. The molecule has 1 atom stereocenters. The summed E-state index contributed by atoms with van der Waals surface area (Å²) in [7, 11) is 0. The van der Waals surface area contributed by atoms with E-state index in [1.165, 1.54) is 33.3 Å². The lowest BCUT2D eigenvalue weighted by molar-refractivity contribution is -0.541. The van der Waals surface area contributed by atoms with Gasteiger partial charge in [0.05, 0.1) is 0 Å². The molecule has 1 aliphatic rings. The van der Waals surface area contributed by atoms with Crippen molar-refractivity contribution >= 4 is 22.8 Å². The molecule has 134 valence electrons. The van der Waals surface area contributed by atoms with Gasteiger partial charge in [0.2, 0.25) is 0 Å². The molecule has 2 heteroatoms. The third-order valence-corrected chi connectivity index (χ3v) is 6.13. The first-order chi connectivity index (χ1) is 13.8. The summed E-state index contributed by atoms with van der Waals surface area (Å²) >= 11 is 0. The maximum absolute atomic E-state index is 2.49. The molecule has 3 aromatic carbocycles. The minimum absolute atomic E-state index is 1.15. The minimum Gasteiger partial charge on any atom is -0.412 e. The first kappa shape index (κ1) is 16.8. The molecule has 5 rings (SSSR count). The fourth-order valence-corrected chi connectivity index (χ4v) is 4.83. The first-order valence-corrected chi connectivity index (χ1v) is 9.92. The number of benzene rings is 3. The van der Waals surface area contributed by atoms with E-state index in [0.29, 0.717) is 0 Å². The normalized spacial score (nSPS) is 18.2. The summed E-state index contributed by atoms with van der Waals surface area (Å²) in [6.45, 7) is 2.40. The lowest BCUT2D eigenvalue weighted by Gasteiger charge is -2.30. The molecular formula is C26H22BN. The zero-order valence-corrected chi connectivity index (χ0v) is 16.0. The van der Waals surface area contributed by atoms with Crippen molar-refractivity contribution in [3.63, 3.8) is 0 Å². The Morgan fingerprint density at radius 2 is 1.11 bits per heavy atom. The van der Waals surface area contributed by atoms with Crippen LogP contribution in [0.1, 0.15) is 16.8 Å². The highest BCUT2D eigenvalue weighted by atomic mass is 14.9. The Labute approximate surface area is 166 Å². The number of pyridine rings is 1. The van der Waals surface area contributed by atoms with Crippen LogP contribution in [0.4, 0.5) is 0 Å². The molecule has 0 N–H and O–H groups in total. The molecule has 0 saturated heterocycles. The quantitative estimate of drug-likeness (QED) is 0.462. The van der Waals surface area contributed by atoms with Crippen LogP contribution in [0, 0.1) is 0 Å². The number of hydrogen-bond acceptors (Lipinski definition) is 0. The highest BCUT2D eigenvalue weighted by Crippen LogP contribution is 2.40. The second-order valence-electron chi connectivity index (χ2n) is 7.66. The van der Waals surface area contributed by atoms with Crippen LogP contribution in [-0.2, 0) is 0 Å². The summed E-state index contributed by atoms with van der Waals surface area (Å²) in [5.74, 6) is 0. The summed E-state index contributed by atoms with van der Waals surface area (Å²) in [6, 6.07) is 39.1. The van der Waals surface area contributed by atoms with Gasteiger partial charge in [0.25, 0.3) is 0 Å². The van der Waals surface area contributed by atoms with Crippen LogP contribution in [-0.4, -0.2) is 6.28 Å². The molecule has 1 nitrogen and oxygen atoms in total. The van der Waals surface area contributed by atoms with E-state index in [4.69, 9.17) is 0 Å². The fraction of sp³-hybridized carbons (Fsp3) is 0.0385. The van der Waals surface area contributed by atoms with Gasteiger partial charge in [-0.3, -0.25) is 0 Å². The van der Waals surface area contributed by atoms with Crippen molar-refractivity contribution in [3.8, 4) is 0 Å². The molecule has 0 saturated carbocycles. The molecule has 0 fully saturated rings. The first-order valence-electron chi connectivity index (χ1n) is 9.92. The van der Waals surface area contributed by atoms with Crippen LogP contribution >= 0.6 is 0 Å². The molecule has 28 heavy (non-hydrogen) atoms. The van der Waals surface area contributed by atoms with Gasteiger partial charge in [0.1, 0.15) is 6.20 Å². The fourth-order valence-electron chi connectivity index (χ4n) is 4.83. The van der Waals surface area contributed by atoms with Gasteiger partial charge >= 0.3 is 6.28 Å². The number of aromatic nitrogens is 1. The van der Waals surface area contributed by atoms with Gasteiger partial charge < -0.3 is 4.48 Å². The summed E-state index contributed by atoms with van der Waals surface area (Å²) in [5.41, 5.74) is 7.92. The molecule has 2 heterocycles. The predicted molar refractivity (Wildman–Crippen MR) is 119 cm³/mol. The molecule has 0 bridgehead atoms. The number of nitrogens with zero attached hydrogens (tertiary/aromatic N) is 1. The Morgan fingerprint density at radius 3 is 1.75 bits per heavy atom. The molecule has 0 aliphatic carbocycles. The number of hydrogen-bond donors (Lipinski definition) is 0. The van der Waals surface area contributed by atoms with Crippen molar-refractivity contribution in [2.24, 2.45) is 0 Å². The number of fused-ring (bicyclic) bond motifs is 1. The third-order valence-electron chi connectivity index (χ3n) is 6.13. The van der Waals surface area contributed by atoms with Gasteiger partial charge in [-0.05, 0) is 11.6 Å². The van der Waals surface area contributed by atoms with E-state index in [1.54, 1.807) is 0 Å². The smallest absolute Gasteiger partial charge is 0.331 e. The van der Waals surface area contributed by atoms with Gasteiger partial charge in [0.15, 0.2) is 5.69 Å². The monoisotopic (exact) mass is 359 g/mol. The largest absolute Gasteiger partial charge is 0.412 e. The van der Waals surface area contributed by atoms with Gasteiger partial charge in [-0.1, -0.05) is 103 Å². The van der Waals surface area contributed by atoms with Gasteiger partial charge in [0, 0.05) is 11.6 Å². The lowest BCUT2D eigenvalue weighted by Crippen LogP contribution is -2.69. The van der Waals surface area contributed by atoms with Gasteiger partial charge in [-0.15, -0.1) is 17.8 Å². The highest BCUT2D eigenvalue weighted by molar-refractivity contribution is 7.01. The topological polar surface area (TPSA) is 3.88 Å². The third kappa shape index (κ3) is 2.45. The Balaban J connectivity index is 1.92. The molecule has 0 radical (unpaired) electrons. The SMILES string of the molecule is C[B@@-]1(c2ccccc2)C(c2ccccc2)=C(c2ccccc2)c2cccc[n+]21. The Kier molecular flexibility index (Phi) is 3.98. The van der Waals surface area contributed by atoms with Crippen LogP contribution in [0.2, 0.25) is 6.82 Å². The summed E-state index contributed by atoms with van der Waals surface area (Å²) < 4.78 is 2.49. The zero-order valence-electron chi connectivity index (χ0n) is 16.0. The molecule has 0 spiro atoms. The van der Waals surface area contributed by atoms with Crippen LogP contribution in [0.3, 0.4) is 0 Å². The van der Waals surface area contributed by atoms with Gasteiger partial charge in [-0.2, -0.15) is 0 Å². The van der Waals surface area contributed by atoms with E-state index in [9.17, 15) is 0 Å². The van der Waals surface area contributed by atoms with E-state index >= 15 is 0 Å². The van der Waals surface area contributed by atoms with E-state index in [0.717, 1.165) is 0 Å². The van der Waals surface area contributed by atoms with Crippen molar-refractivity contribution in [1.82, 2.24) is 0 Å². The number of rotatable bonds is 3. The van der Waals surface area contributed by atoms with Crippen molar-refractivity contribution in [2.75, 3.05) is 0 Å². The van der Waals surface area contributed by atoms with Gasteiger partial charge in [-0.25, -0.2) is 0 Å². The standard InChI is InChI=1S/C26H22BN/c1-27(23-17-9-4-10-18-23)26(22-15-7-3-8-16-22)25(21-13-5-2-6-14-21)24-19-11-12-20-28(24)27/h2-20H,1H3/t27-/m1/s1. The molecule has 1 aliphatic heterocycles. The average Bonchev–Trinajstić information content (AvgIpc) is 3.06. The Morgan fingerprint density at radius 1 is 0.571 bits per heavy atom. The van der Waals surface area contributed by atoms with Crippen molar-refractivity contribution < 1.29 is 4.48 Å². The molecule has 4 aromatic rings. The molecular weight excluding hydrogens is 337 g/mol. The maximum atomic E-state index is 2.49. The van der Waals surface area contributed by atoms with Crippen molar-refractivity contribution in [1.29, 1.82) is 0 Å².